The van der Waals surface area contributed by atoms with E-state index in [-0.39, 0.29) is 24.1 Å². The summed E-state index contributed by atoms with van der Waals surface area (Å²) in [6.07, 6.45) is 0.209. The molecule has 0 fully saturated rings. The average Bonchev–Trinajstić information content (AvgIpc) is 2.63. The summed E-state index contributed by atoms with van der Waals surface area (Å²) in [4.78, 5) is 24.9. The zero-order valence-electron chi connectivity index (χ0n) is 14.9. The molecule has 0 amide bonds. The molecule has 5 nitrogen and oxygen atoms in total. The van der Waals surface area contributed by atoms with E-state index in [0.717, 1.165) is 36.4 Å². The van der Waals surface area contributed by atoms with Crippen LogP contribution in [0.15, 0.2) is 47.3 Å². The Hall–Kier alpha value is -3.46. The first-order chi connectivity index (χ1) is 13.7. The highest BCUT2D eigenvalue weighted by atomic mass is 19.1. The molecule has 0 aliphatic heterocycles. The molecule has 0 aliphatic rings. The molecule has 0 saturated carbocycles. The van der Waals surface area contributed by atoms with Crippen LogP contribution >= 0.6 is 0 Å². The number of hydrogen-bond donors (Lipinski definition) is 2. The van der Waals surface area contributed by atoms with E-state index in [2.05, 4.69) is 0 Å². The van der Waals surface area contributed by atoms with Gasteiger partial charge in [0, 0.05) is 12.1 Å². The molecule has 0 unspecified atom stereocenters. The molecule has 1 heterocycles. The summed E-state index contributed by atoms with van der Waals surface area (Å²) in [5.41, 5.74) is 8.95. The lowest BCUT2D eigenvalue weighted by molar-refractivity contribution is 0.103. The van der Waals surface area contributed by atoms with Crippen LogP contribution in [0, 0.1) is 23.3 Å². The first-order valence-electron chi connectivity index (χ1n) is 8.44. The van der Waals surface area contributed by atoms with Crippen molar-refractivity contribution in [1.29, 1.82) is 0 Å². The standard InChI is InChI=1S/C20H15F4N3O2/c21-11-1-2-12(14(22)9-11)19(29)13-3-4-17(28)27(20(13)26)18-15(23)7-10(5-6-25)8-16(18)24/h1-4,7-9H,5-6,25-26H2. The number of carbonyl (C=O) groups is 1. The van der Waals surface area contributed by atoms with Crippen LogP contribution < -0.4 is 17.0 Å². The number of halogens is 4. The van der Waals surface area contributed by atoms with E-state index in [1.807, 2.05) is 0 Å². The predicted octanol–water partition coefficient (Wildman–Crippen LogP) is 2.71. The van der Waals surface area contributed by atoms with Gasteiger partial charge in [-0.15, -0.1) is 0 Å². The largest absolute Gasteiger partial charge is 0.384 e. The fourth-order valence-electron chi connectivity index (χ4n) is 2.94. The van der Waals surface area contributed by atoms with Crippen molar-refractivity contribution in [1.82, 2.24) is 4.57 Å². The topological polar surface area (TPSA) is 91.1 Å². The van der Waals surface area contributed by atoms with E-state index in [0.29, 0.717) is 10.6 Å². The van der Waals surface area contributed by atoms with Crippen LogP contribution in [-0.4, -0.2) is 16.9 Å². The fourth-order valence-corrected chi connectivity index (χ4v) is 2.94. The Morgan fingerprint density at radius 1 is 0.897 bits per heavy atom. The Balaban J connectivity index is 2.19. The third kappa shape index (κ3) is 3.77. The zero-order valence-corrected chi connectivity index (χ0v) is 14.9. The number of anilines is 1. The van der Waals surface area contributed by atoms with Crippen LogP contribution in [0.4, 0.5) is 23.4 Å². The first kappa shape index (κ1) is 20.3. The molecule has 3 aromatic rings. The monoisotopic (exact) mass is 405 g/mol. The van der Waals surface area contributed by atoms with Crippen LogP contribution in [0.3, 0.4) is 0 Å². The highest BCUT2D eigenvalue weighted by Gasteiger charge is 2.23. The van der Waals surface area contributed by atoms with Crippen molar-refractivity contribution in [3.8, 4) is 5.69 Å². The molecule has 1 aromatic heterocycles. The van der Waals surface area contributed by atoms with E-state index in [1.165, 1.54) is 0 Å². The number of aromatic nitrogens is 1. The lowest BCUT2D eigenvalue weighted by Crippen LogP contribution is -2.25. The van der Waals surface area contributed by atoms with E-state index in [9.17, 15) is 27.2 Å². The summed E-state index contributed by atoms with van der Waals surface area (Å²) in [5, 5.41) is 0. The van der Waals surface area contributed by atoms with E-state index < -0.39 is 51.7 Å². The molecule has 0 aliphatic carbocycles. The normalized spacial score (nSPS) is 10.9. The molecule has 0 saturated heterocycles. The fraction of sp³-hybridized carbons (Fsp3) is 0.100. The van der Waals surface area contributed by atoms with Crippen LogP contribution in [0.1, 0.15) is 21.5 Å². The molecule has 0 spiro atoms. The first-order valence-corrected chi connectivity index (χ1v) is 8.44. The summed E-state index contributed by atoms with van der Waals surface area (Å²) < 4.78 is 56.7. The number of pyridine rings is 1. The Morgan fingerprint density at radius 2 is 1.52 bits per heavy atom. The van der Waals surface area contributed by atoms with Gasteiger partial charge in [0.15, 0.2) is 17.4 Å². The minimum atomic E-state index is -1.14. The number of nitrogen functional groups attached to an aromatic ring is 1. The molecular formula is C20H15F4N3O2. The maximum atomic E-state index is 14.6. The van der Waals surface area contributed by atoms with Crippen LogP contribution in [-0.2, 0) is 6.42 Å². The SMILES string of the molecule is NCCc1cc(F)c(-n2c(N)c(C(=O)c3ccc(F)cc3F)ccc2=O)c(F)c1. The maximum Gasteiger partial charge on any atom is 0.256 e. The van der Waals surface area contributed by atoms with Crippen molar-refractivity contribution in [3.05, 3.63) is 92.8 Å². The number of nitrogens with two attached hydrogens (primary N) is 2. The second kappa shape index (κ2) is 7.88. The number of ketones is 1. The van der Waals surface area contributed by atoms with E-state index in [4.69, 9.17) is 11.5 Å². The molecule has 0 atom stereocenters. The summed E-state index contributed by atoms with van der Waals surface area (Å²) in [6, 6.07) is 6.18. The van der Waals surface area contributed by atoms with Crippen molar-refractivity contribution in [2.45, 2.75) is 6.42 Å². The van der Waals surface area contributed by atoms with Gasteiger partial charge in [-0.2, -0.15) is 0 Å². The van der Waals surface area contributed by atoms with Gasteiger partial charge in [-0.3, -0.25) is 14.2 Å². The highest BCUT2D eigenvalue weighted by Crippen LogP contribution is 2.25. The smallest absolute Gasteiger partial charge is 0.256 e. The molecule has 29 heavy (non-hydrogen) atoms. The maximum absolute atomic E-state index is 14.6. The third-order valence-electron chi connectivity index (χ3n) is 4.28. The molecule has 150 valence electrons. The lowest BCUT2D eigenvalue weighted by Gasteiger charge is -2.15. The van der Waals surface area contributed by atoms with Crippen molar-refractivity contribution < 1.29 is 22.4 Å². The van der Waals surface area contributed by atoms with Gasteiger partial charge < -0.3 is 11.5 Å². The second-order valence-corrected chi connectivity index (χ2v) is 6.21. The number of benzene rings is 2. The van der Waals surface area contributed by atoms with Gasteiger partial charge in [0.05, 0.1) is 11.1 Å². The molecule has 0 bridgehead atoms. The average molecular weight is 405 g/mol. The lowest BCUT2D eigenvalue weighted by atomic mass is 10.0. The Morgan fingerprint density at radius 3 is 2.10 bits per heavy atom. The van der Waals surface area contributed by atoms with Gasteiger partial charge >= 0.3 is 0 Å². The second-order valence-electron chi connectivity index (χ2n) is 6.21. The zero-order chi connectivity index (χ0) is 21.3. The van der Waals surface area contributed by atoms with Crippen molar-refractivity contribution in [2.24, 2.45) is 5.73 Å². The summed E-state index contributed by atoms with van der Waals surface area (Å²) in [6.45, 7) is 0.160. The Labute approximate surface area is 162 Å². The molecule has 3 rings (SSSR count). The van der Waals surface area contributed by atoms with Crippen molar-refractivity contribution in [2.75, 3.05) is 12.3 Å². The number of rotatable bonds is 5. The summed E-state index contributed by atoms with van der Waals surface area (Å²) in [5.74, 6) is -5.76. The molecule has 2 aromatic carbocycles. The number of carbonyl (C=O) groups excluding carboxylic acids is 1. The molecule has 9 heteroatoms. The minimum Gasteiger partial charge on any atom is -0.384 e. The van der Waals surface area contributed by atoms with Gasteiger partial charge in [0.1, 0.15) is 23.1 Å². The van der Waals surface area contributed by atoms with Gasteiger partial charge in [0.2, 0.25) is 0 Å². The summed E-state index contributed by atoms with van der Waals surface area (Å²) >= 11 is 0. The van der Waals surface area contributed by atoms with Gasteiger partial charge in [-0.1, -0.05) is 0 Å². The van der Waals surface area contributed by atoms with Crippen LogP contribution in [0.5, 0.6) is 0 Å². The minimum absolute atomic E-state index is 0.160. The van der Waals surface area contributed by atoms with Crippen molar-refractivity contribution in [3.63, 3.8) is 0 Å². The molecule has 0 radical (unpaired) electrons. The van der Waals surface area contributed by atoms with Gasteiger partial charge in [-0.05, 0) is 48.9 Å². The van der Waals surface area contributed by atoms with Gasteiger partial charge in [0.25, 0.3) is 5.56 Å². The Kier molecular flexibility index (Phi) is 5.51. The predicted molar refractivity (Wildman–Crippen MR) is 98.9 cm³/mol. The van der Waals surface area contributed by atoms with E-state index >= 15 is 0 Å². The van der Waals surface area contributed by atoms with Crippen LogP contribution in [0.2, 0.25) is 0 Å². The van der Waals surface area contributed by atoms with Crippen LogP contribution in [0.25, 0.3) is 5.69 Å². The van der Waals surface area contributed by atoms with Crippen molar-refractivity contribution >= 4 is 11.6 Å². The highest BCUT2D eigenvalue weighted by molar-refractivity contribution is 6.11. The molecular weight excluding hydrogens is 390 g/mol. The summed E-state index contributed by atoms with van der Waals surface area (Å²) in [7, 11) is 0. The van der Waals surface area contributed by atoms with Gasteiger partial charge in [-0.25, -0.2) is 17.6 Å². The Bertz CT molecular complexity index is 1150. The third-order valence-corrected chi connectivity index (χ3v) is 4.28. The van der Waals surface area contributed by atoms with E-state index in [1.54, 1.807) is 0 Å². The molecule has 4 N–H and O–H groups in total. The number of hydrogen-bond acceptors (Lipinski definition) is 4. The number of nitrogens with zero attached hydrogens (tertiary/aromatic N) is 1. The quantitative estimate of drug-likeness (QED) is 0.505.